The van der Waals surface area contributed by atoms with Crippen molar-refractivity contribution in [3.05, 3.63) is 64.9 Å². The third-order valence-corrected chi connectivity index (χ3v) is 10.4. The molecule has 6 rings (SSSR count). The number of nitrogens with one attached hydrogen (secondary N) is 4. The zero-order valence-electron chi connectivity index (χ0n) is 25.7. The quantitative estimate of drug-likeness (QED) is 0.303. The minimum atomic E-state index is -4.31. The van der Waals surface area contributed by atoms with Gasteiger partial charge in [-0.3, -0.25) is 14.7 Å². The van der Waals surface area contributed by atoms with E-state index in [9.17, 15) is 26.8 Å². The van der Waals surface area contributed by atoms with E-state index in [0.29, 0.717) is 55.7 Å². The van der Waals surface area contributed by atoms with Gasteiger partial charge in [-0.1, -0.05) is 20.3 Å². The number of carbonyl (C=O) groups is 2. The number of halogens is 2. The van der Waals surface area contributed by atoms with Crippen LogP contribution < -0.4 is 20.9 Å². The fourth-order valence-electron chi connectivity index (χ4n) is 6.25. The van der Waals surface area contributed by atoms with Gasteiger partial charge >= 0.3 is 0 Å². The Morgan fingerprint density at radius 3 is 2.48 bits per heavy atom. The number of aromatic nitrogens is 2. The molecule has 3 aromatic rings. The second kappa shape index (κ2) is 12.7. The van der Waals surface area contributed by atoms with Crippen LogP contribution in [0.25, 0.3) is 0 Å². The number of nitrogens with zero attached hydrogens (tertiary/aromatic N) is 3. The summed E-state index contributed by atoms with van der Waals surface area (Å²) < 4.78 is 61.6. The number of H-pyrrole nitrogens is 1. The van der Waals surface area contributed by atoms with Gasteiger partial charge in [0.05, 0.1) is 35.4 Å². The monoisotopic (exact) mass is 657 g/mol. The van der Waals surface area contributed by atoms with Gasteiger partial charge in [-0.2, -0.15) is 9.40 Å². The zero-order chi connectivity index (χ0) is 32.6. The van der Waals surface area contributed by atoms with E-state index in [1.54, 1.807) is 26.0 Å². The van der Waals surface area contributed by atoms with E-state index in [4.69, 9.17) is 4.74 Å². The Balaban J connectivity index is 1.29. The fraction of sp³-hybridized carbons (Fsp3) is 0.452. The van der Waals surface area contributed by atoms with Crippen LogP contribution in [0.4, 0.5) is 26.0 Å². The van der Waals surface area contributed by atoms with Crippen LogP contribution in [0.2, 0.25) is 0 Å². The van der Waals surface area contributed by atoms with Gasteiger partial charge in [0.25, 0.3) is 5.91 Å². The first kappa shape index (κ1) is 32.0. The SMILES string of the molecule is CC1(C)CN(S(=O)(=O)c2cc(F)cc(F)c2)Cc2c(NC(=O)c3ccc(N4CCOCC4)cc3NC(=O)C3CCCCN3)n[nH]c21. The first-order valence-electron chi connectivity index (χ1n) is 15.3. The molecule has 246 valence electrons. The molecular weight excluding hydrogens is 620 g/mol. The number of carbonyl (C=O) groups excluding carboxylic acids is 2. The van der Waals surface area contributed by atoms with Crippen molar-refractivity contribution in [2.75, 3.05) is 54.9 Å². The van der Waals surface area contributed by atoms with Crippen LogP contribution in [0, 0.1) is 11.6 Å². The highest BCUT2D eigenvalue weighted by atomic mass is 32.2. The molecule has 1 unspecified atom stereocenters. The molecule has 15 heteroatoms. The molecule has 0 aliphatic carbocycles. The molecule has 3 aliphatic heterocycles. The second-order valence-electron chi connectivity index (χ2n) is 12.5. The molecule has 0 spiro atoms. The highest BCUT2D eigenvalue weighted by Gasteiger charge is 2.41. The van der Waals surface area contributed by atoms with Crippen molar-refractivity contribution in [2.24, 2.45) is 0 Å². The molecule has 2 fully saturated rings. The summed E-state index contributed by atoms with van der Waals surface area (Å²) in [6.07, 6.45) is 2.60. The van der Waals surface area contributed by atoms with Crippen LogP contribution in [0.3, 0.4) is 0 Å². The Kier molecular flexibility index (Phi) is 8.85. The molecule has 0 radical (unpaired) electrons. The Morgan fingerprint density at radius 2 is 1.78 bits per heavy atom. The van der Waals surface area contributed by atoms with E-state index >= 15 is 0 Å². The fourth-order valence-corrected chi connectivity index (χ4v) is 7.87. The molecule has 4 N–H and O–H groups in total. The maximum atomic E-state index is 14.0. The number of sulfonamides is 1. The van der Waals surface area contributed by atoms with Crippen molar-refractivity contribution in [3.63, 3.8) is 0 Å². The number of hydrogen-bond acceptors (Lipinski definition) is 8. The average molecular weight is 658 g/mol. The normalized spacial score (nSPS) is 20.2. The Hall–Kier alpha value is -3.92. The number of anilines is 3. The van der Waals surface area contributed by atoms with Crippen LogP contribution in [-0.2, 0) is 31.5 Å². The number of rotatable bonds is 7. The molecule has 2 amide bonds. The van der Waals surface area contributed by atoms with Crippen LogP contribution in [0.15, 0.2) is 41.3 Å². The van der Waals surface area contributed by atoms with Gasteiger partial charge in [0.2, 0.25) is 15.9 Å². The smallest absolute Gasteiger partial charge is 0.258 e. The Morgan fingerprint density at radius 1 is 1.04 bits per heavy atom. The van der Waals surface area contributed by atoms with Gasteiger partial charge < -0.3 is 25.6 Å². The van der Waals surface area contributed by atoms with Crippen molar-refractivity contribution in [2.45, 2.75) is 56.0 Å². The highest BCUT2D eigenvalue weighted by molar-refractivity contribution is 7.89. The van der Waals surface area contributed by atoms with Crippen LogP contribution >= 0.6 is 0 Å². The standard InChI is InChI=1S/C31H37F2N7O5S/c1-31(2)18-40(46(43,44)22-14-19(32)13-20(33)15-22)17-24-27(31)37-38-28(24)36-29(41)23-7-6-21(39-9-11-45-12-10-39)16-26(23)35-30(42)25-5-3-4-8-34-25/h6-7,13-16,25,34H,3-5,8-12,17-18H2,1-2H3,(H,35,42)(H2,36,37,38,41). The predicted octanol–water partition coefficient (Wildman–Crippen LogP) is 3.34. The summed E-state index contributed by atoms with van der Waals surface area (Å²) in [7, 11) is -4.31. The van der Waals surface area contributed by atoms with Crippen LogP contribution in [0.5, 0.6) is 0 Å². The number of piperidine rings is 1. The van der Waals surface area contributed by atoms with Gasteiger partial charge in [0.15, 0.2) is 5.82 Å². The zero-order valence-corrected chi connectivity index (χ0v) is 26.5. The maximum absolute atomic E-state index is 14.0. The average Bonchev–Trinajstić information content (AvgIpc) is 3.44. The molecular formula is C31H37F2N7O5S. The summed E-state index contributed by atoms with van der Waals surface area (Å²) in [4.78, 5) is 28.7. The number of morpholine rings is 1. The van der Waals surface area contributed by atoms with Crippen LogP contribution in [-0.4, -0.2) is 80.2 Å². The van der Waals surface area contributed by atoms with Crippen molar-refractivity contribution < 1.29 is 31.5 Å². The number of ether oxygens (including phenoxy) is 1. The second-order valence-corrected chi connectivity index (χ2v) is 14.4. The molecule has 1 atom stereocenters. The molecule has 46 heavy (non-hydrogen) atoms. The molecule has 1 aromatic heterocycles. The van der Waals surface area contributed by atoms with Crippen molar-refractivity contribution in [3.8, 4) is 0 Å². The lowest BCUT2D eigenvalue weighted by molar-refractivity contribution is -0.118. The lowest BCUT2D eigenvalue weighted by Gasteiger charge is -2.36. The Bertz CT molecular complexity index is 1730. The number of hydrogen-bond donors (Lipinski definition) is 4. The maximum Gasteiger partial charge on any atom is 0.258 e. The first-order valence-corrected chi connectivity index (χ1v) is 16.7. The van der Waals surface area contributed by atoms with Crippen molar-refractivity contribution in [1.29, 1.82) is 0 Å². The minimum absolute atomic E-state index is 0.00439. The summed E-state index contributed by atoms with van der Waals surface area (Å²) in [6.45, 7) is 6.62. The summed E-state index contributed by atoms with van der Waals surface area (Å²) in [6, 6.07) is 7.01. The predicted molar refractivity (Wildman–Crippen MR) is 167 cm³/mol. The van der Waals surface area contributed by atoms with Crippen molar-refractivity contribution in [1.82, 2.24) is 19.8 Å². The number of fused-ring (bicyclic) bond motifs is 1. The molecule has 3 aliphatic rings. The molecule has 0 saturated carbocycles. The molecule has 4 heterocycles. The van der Waals surface area contributed by atoms with Gasteiger partial charge in [-0.25, -0.2) is 17.2 Å². The lowest BCUT2D eigenvalue weighted by atomic mass is 9.84. The van der Waals surface area contributed by atoms with E-state index in [2.05, 4.69) is 31.0 Å². The van der Waals surface area contributed by atoms with E-state index < -0.39 is 37.9 Å². The van der Waals surface area contributed by atoms with Gasteiger partial charge in [0, 0.05) is 54.6 Å². The summed E-state index contributed by atoms with van der Waals surface area (Å²) in [5, 5.41) is 16.2. The minimum Gasteiger partial charge on any atom is -0.378 e. The third-order valence-electron chi connectivity index (χ3n) is 8.66. The van der Waals surface area contributed by atoms with E-state index in [-0.39, 0.29) is 36.4 Å². The molecule has 12 nitrogen and oxygen atoms in total. The molecule has 2 saturated heterocycles. The van der Waals surface area contributed by atoms with E-state index in [1.807, 2.05) is 6.07 Å². The van der Waals surface area contributed by atoms with E-state index in [1.165, 1.54) is 0 Å². The number of aromatic amines is 1. The third kappa shape index (κ3) is 6.49. The number of benzene rings is 2. The van der Waals surface area contributed by atoms with Crippen LogP contribution in [0.1, 0.15) is 54.7 Å². The summed E-state index contributed by atoms with van der Waals surface area (Å²) in [5.41, 5.74) is 1.63. The Labute approximate surface area is 265 Å². The summed E-state index contributed by atoms with van der Waals surface area (Å²) in [5.74, 6) is -2.69. The van der Waals surface area contributed by atoms with Gasteiger partial charge in [-0.05, 0) is 49.7 Å². The topological polar surface area (TPSA) is 149 Å². The lowest BCUT2D eigenvalue weighted by Crippen LogP contribution is -2.45. The van der Waals surface area contributed by atoms with Gasteiger partial charge in [-0.15, -0.1) is 0 Å². The van der Waals surface area contributed by atoms with E-state index in [0.717, 1.165) is 41.5 Å². The van der Waals surface area contributed by atoms with Gasteiger partial charge in [0.1, 0.15) is 11.6 Å². The highest BCUT2D eigenvalue weighted by Crippen LogP contribution is 2.38. The molecule has 2 aromatic carbocycles. The molecule has 0 bridgehead atoms. The summed E-state index contributed by atoms with van der Waals surface area (Å²) >= 11 is 0. The van der Waals surface area contributed by atoms with Crippen molar-refractivity contribution >= 4 is 39.0 Å². The first-order chi connectivity index (χ1) is 21.9. The largest absolute Gasteiger partial charge is 0.378 e. The number of amides is 2.